The van der Waals surface area contributed by atoms with Crippen molar-refractivity contribution in [2.24, 2.45) is 0 Å². The van der Waals surface area contributed by atoms with Gasteiger partial charge in [0.1, 0.15) is 11.5 Å². The van der Waals surface area contributed by atoms with Crippen LogP contribution in [0.15, 0.2) is 24.3 Å². The fourth-order valence-corrected chi connectivity index (χ4v) is 3.13. The molecule has 1 fully saturated rings. The lowest BCUT2D eigenvalue weighted by Crippen LogP contribution is -2.49. The van der Waals surface area contributed by atoms with Crippen LogP contribution in [0.1, 0.15) is 39.5 Å². The van der Waals surface area contributed by atoms with Crippen molar-refractivity contribution in [1.29, 1.82) is 0 Å². The Kier molecular flexibility index (Phi) is 7.10. The number of hydrogen-bond acceptors (Lipinski definition) is 5. The lowest BCUT2D eigenvalue weighted by Gasteiger charge is -2.38. The first-order valence-electron chi connectivity index (χ1n) is 8.75. The van der Waals surface area contributed by atoms with Gasteiger partial charge in [-0.2, -0.15) is 0 Å². The molecule has 0 unspecified atom stereocenters. The van der Waals surface area contributed by atoms with Crippen LogP contribution in [0.5, 0.6) is 11.5 Å². The number of likely N-dealkylation sites (tertiary alicyclic amines) is 1. The Morgan fingerprint density at radius 2 is 1.68 bits per heavy atom. The molecule has 6 heteroatoms. The van der Waals surface area contributed by atoms with E-state index in [9.17, 15) is 9.59 Å². The van der Waals surface area contributed by atoms with Crippen LogP contribution in [0.4, 0.5) is 0 Å². The van der Waals surface area contributed by atoms with E-state index in [2.05, 4.69) is 0 Å². The van der Waals surface area contributed by atoms with Gasteiger partial charge in [0.15, 0.2) is 6.61 Å². The highest BCUT2D eigenvalue weighted by Crippen LogP contribution is 2.22. The summed E-state index contributed by atoms with van der Waals surface area (Å²) in [6.07, 6.45) is 3.23. The van der Waals surface area contributed by atoms with Gasteiger partial charge in [-0.1, -0.05) is 0 Å². The molecule has 1 aliphatic rings. The maximum atomic E-state index is 12.3. The van der Waals surface area contributed by atoms with Crippen LogP contribution in [-0.4, -0.2) is 49.2 Å². The summed E-state index contributed by atoms with van der Waals surface area (Å²) in [4.78, 5) is 25.9. The van der Waals surface area contributed by atoms with Crippen molar-refractivity contribution in [1.82, 2.24) is 4.90 Å². The molecule has 1 saturated heterocycles. The largest absolute Gasteiger partial charge is 0.497 e. The molecule has 25 heavy (non-hydrogen) atoms. The van der Waals surface area contributed by atoms with Gasteiger partial charge in [0.25, 0.3) is 5.91 Å². The number of ether oxygens (including phenoxy) is 3. The molecule has 6 nitrogen and oxygen atoms in total. The van der Waals surface area contributed by atoms with Crippen LogP contribution >= 0.6 is 0 Å². The van der Waals surface area contributed by atoms with Gasteiger partial charge in [0.2, 0.25) is 0 Å². The molecule has 1 heterocycles. The van der Waals surface area contributed by atoms with Gasteiger partial charge in [-0.25, -0.2) is 0 Å². The van der Waals surface area contributed by atoms with E-state index in [0.29, 0.717) is 5.75 Å². The zero-order valence-electron chi connectivity index (χ0n) is 15.2. The molecule has 0 N–H and O–H groups in total. The van der Waals surface area contributed by atoms with Crippen LogP contribution in [0.3, 0.4) is 0 Å². The first-order chi connectivity index (χ1) is 12.0. The molecule has 0 radical (unpaired) electrons. The summed E-state index contributed by atoms with van der Waals surface area (Å²) in [5.41, 5.74) is 0. The standard InChI is InChI=1S/C19H27NO5/c1-14-5-4-6-15(2)20(14)18(21)13-25-19(22)11-12-24-17-9-7-16(23-3)8-10-17/h7-10,14-15H,4-6,11-13H2,1-3H3/t14-,15-/m0/s1. The van der Waals surface area contributed by atoms with E-state index in [0.717, 1.165) is 25.0 Å². The quantitative estimate of drug-likeness (QED) is 0.708. The Bertz CT molecular complexity index is 562. The second-order valence-corrected chi connectivity index (χ2v) is 6.36. The SMILES string of the molecule is COc1ccc(OCCC(=O)OCC(=O)N2[C@@H](C)CCC[C@@H]2C)cc1. The van der Waals surface area contributed by atoms with Crippen molar-refractivity contribution in [2.45, 2.75) is 51.6 Å². The number of benzene rings is 1. The normalized spacial score (nSPS) is 20.0. The van der Waals surface area contributed by atoms with Crippen LogP contribution < -0.4 is 9.47 Å². The minimum atomic E-state index is -0.431. The Hall–Kier alpha value is -2.24. The third kappa shape index (κ3) is 5.66. The molecule has 2 rings (SSSR count). The van der Waals surface area contributed by atoms with Crippen molar-refractivity contribution in [3.05, 3.63) is 24.3 Å². The molecule has 1 aromatic carbocycles. The minimum absolute atomic E-state index is 0.102. The van der Waals surface area contributed by atoms with E-state index < -0.39 is 5.97 Å². The highest BCUT2D eigenvalue weighted by molar-refractivity contribution is 5.81. The van der Waals surface area contributed by atoms with E-state index in [-0.39, 0.29) is 37.6 Å². The molecule has 0 aliphatic carbocycles. The summed E-state index contributed by atoms with van der Waals surface area (Å²) in [6, 6.07) is 7.52. The zero-order chi connectivity index (χ0) is 18.2. The molecule has 0 saturated carbocycles. The smallest absolute Gasteiger partial charge is 0.309 e. The zero-order valence-corrected chi connectivity index (χ0v) is 15.2. The van der Waals surface area contributed by atoms with Gasteiger partial charge < -0.3 is 19.1 Å². The number of piperidine rings is 1. The molecule has 1 aliphatic heterocycles. The number of esters is 1. The number of hydrogen-bond donors (Lipinski definition) is 0. The lowest BCUT2D eigenvalue weighted by molar-refractivity contribution is -0.155. The van der Waals surface area contributed by atoms with Gasteiger partial charge in [0.05, 0.1) is 20.1 Å². The third-order valence-electron chi connectivity index (χ3n) is 4.47. The van der Waals surface area contributed by atoms with Crippen molar-refractivity contribution < 1.29 is 23.8 Å². The number of rotatable bonds is 7. The van der Waals surface area contributed by atoms with E-state index in [1.54, 1.807) is 31.4 Å². The maximum Gasteiger partial charge on any atom is 0.309 e. The Labute approximate surface area is 149 Å². The highest BCUT2D eigenvalue weighted by Gasteiger charge is 2.29. The number of nitrogens with zero attached hydrogens (tertiary/aromatic N) is 1. The molecule has 0 bridgehead atoms. The van der Waals surface area contributed by atoms with Gasteiger partial charge in [-0.15, -0.1) is 0 Å². The summed E-state index contributed by atoms with van der Waals surface area (Å²) >= 11 is 0. The molecule has 2 atom stereocenters. The van der Waals surface area contributed by atoms with Gasteiger partial charge in [-0.05, 0) is 57.4 Å². The first-order valence-corrected chi connectivity index (χ1v) is 8.75. The highest BCUT2D eigenvalue weighted by atomic mass is 16.5. The second-order valence-electron chi connectivity index (χ2n) is 6.36. The molecule has 138 valence electrons. The van der Waals surface area contributed by atoms with Crippen LogP contribution in [0.2, 0.25) is 0 Å². The minimum Gasteiger partial charge on any atom is -0.497 e. The van der Waals surface area contributed by atoms with Crippen molar-refractivity contribution in [2.75, 3.05) is 20.3 Å². The first kappa shape index (κ1) is 19.1. The average molecular weight is 349 g/mol. The Morgan fingerprint density at radius 1 is 1.08 bits per heavy atom. The van der Waals surface area contributed by atoms with Crippen molar-refractivity contribution >= 4 is 11.9 Å². The predicted molar refractivity (Wildman–Crippen MR) is 93.7 cm³/mol. The number of methoxy groups -OCH3 is 1. The van der Waals surface area contributed by atoms with E-state index in [4.69, 9.17) is 14.2 Å². The van der Waals surface area contributed by atoms with Crippen LogP contribution in [0, 0.1) is 0 Å². The monoisotopic (exact) mass is 349 g/mol. The van der Waals surface area contributed by atoms with Gasteiger partial charge in [-0.3, -0.25) is 9.59 Å². The maximum absolute atomic E-state index is 12.3. The van der Waals surface area contributed by atoms with Crippen LogP contribution in [0.25, 0.3) is 0 Å². The summed E-state index contributed by atoms with van der Waals surface area (Å²) in [7, 11) is 1.60. The van der Waals surface area contributed by atoms with Crippen LogP contribution in [-0.2, 0) is 14.3 Å². The molecular weight excluding hydrogens is 322 g/mol. The number of carbonyl (C=O) groups is 2. The molecular formula is C19H27NO5. The van der Waals surface area contributed by atoms with E-state index >= 15 is 0 Å². The molecule has 0 aromatic heterocycles. The fraction of sp³-hybridized carbons (Fsp3) is 0.579. The van der Waals surface area contributed by atoms with Crippen molar-refractivity contribution in [3.8, 4) is 11.5 Å². The van der Waals surface area contributed by atoms with E-state index in [1.807, 2.05) is 18.7 Å². The predicted octanol–water partition coefficient (Wildman–Crippen LogP) is 2.80. The Morgan fingerprint density at radius 3 is 2.28 bits per heavy atom. The molecule has 1 aromatic rings. The summed E-state index contributed by atoms with van der Waals surface area (Å²) < 4.78 is 15.6. The molecule has 0 spiro atoms. The number of carbonyl (C=O) groups excluding carboxylic acids is 2. The Balaban J connectivity index is 1.68. The molecule has 1 amide bonds. The third-order valence-corrected chi connectivity index (χ3v) is 4.47. The number of amides is 1. The van der Waals surface area contributed by atoms with Gasteiger partial charge >= 0.3 is 5.97 Å². The summed E-state index contributed by atoms with van der Waals surface area (Å²) in [5.74, 6) is 0.843. The van der Waals surface area contributed by atoms with Crippen molar-refractivity contribution in [3.63, 3.8) is 0 Å². The van der Waals surface area contributed by atoms with Gasteiger partial charge in [0, 0.05) is 12.1 Å². The topological polar surface area (TPSA) is 65.1 Å². The second kappa shape index (κ2) is 9.30. The fourth-order valence-electron chi connectivity index (χ4n) is 3.13. The van der Waals surface area contributed by atoms with E-state index in [1.165, 1.54) is 0 Å². The summed E-state index contributed by atoms with van der Waals surface area (Å²) in [6.45, 7) is 4.09. The summed E-state index contributed by atoms with van der Waals surface area (Å²) in [5, 5.41) is 0. The lowest BCUT2D eigenvalue weighted by atomic mass is 9.97. The average Bonchev–Trinajstić information content (AvgIpc) is 2.60.